The van der Waals surface area contributed by atoms with Crippen molar-refractivity contribution in [1.82, 2.24) is 0 Å². The second-order valence-electron chi connectivity index (χ2n) is 11.7. The van der Waals surface area contributed by atoms with E-state index in [0.717, 1.165) is 43.8 Å². The quantitative estimate of drug-likeness (QED) is 0.179. The van der Waals surface area contributed by atoms with Gasteiger partial charge in [-0.15, -0.1) is 0 Å². The summed E-state index contributed by atoms with van der Waals surface area (Å²) < 4.78 is 18.9. The summed E-state index contributed by atoms with van der Waals surface area (Å²) in [5.74, 6) is 0.0538. The molecule has 0 saturated carbocycles. The van der Waals surface area contributed by atoms with Crippen LogP contribution in [0.25, 0.3) is 0 Å². The normalized spacial score (nSPS) is 16.8. The van der Waals surface area contributed by atoms with E-state index >= 15 is 0 Å². The average Bonchev–Trinajstić information content (AvgIpc) is 2.74. The van der Waals surface area contributed by atoms with Gasteiger partial charge in [-0.3, -0.25) is 4.79 Å². The molecule has 4 atom stereocenters. The Morgan fingerprint density at radius 3 is 1.91 bits per heavy atom. The molecule has 0 aromatic rings. The minimum atomic E-state index is -1.90. The summed E-state index contributed by atoms with van der Waals surface area (Å²) in [6, 6.07) is 3.26. The third kappa shape index (κ3) is 12.3. The van der Waals surface area contributed by atoms with E-state index in [1.54, 1.807) is 7.11 Å². The van der Waals surface area contributed by atoms with Gasteiger partial charge >= 0.3 is 0 Å². The lowest BCUT2D eigenvalue weighted by molar-refractivity contribution is -0.124. The predicted molar refractivity (Wildman–Crippen MR) is 150 cm³/mol. The molecule has 0 unspecified atom stereocenters. The Morgan fingerprint density at radius 1 is 0.912 bits per heavy atom. The molecule has 0 fully saturated rings. The van der Waals surface area contributed by atoms with E-state index in [4.69, 9.17) is 13.6 Å². The first-order valence-electron chi connectivity index (χ1n) is 13.8. The second kappa shape index (κ2) is 15.9. The predicted octanol–water partition coefficient (Wildman–Crippen LogP) is 7.48. The fourth-order valence-corrected chi connectivity index (χ4v) is 8.70. The number of carbonyl (C=O) groups excluding carboxylic acids is 1. The monoisotopic (exact) mass is 518 g/mol. The molecule has 0 heterocycles. The molecular weight excluding hydrogens is 460 g/mol. The van der Waals surface area contributed by atoms with Crippen LogP contribution in [0.1, 0.15) is 100 Å². The van der Waals surface area contributed by atoms with Crippen LogP contribution in [0.15, 0.2) is 0 Å². The van der Waals surface area contributed by atoms with Crippen LogP contribution in [0.3, 0.4) is 0 Å². The summed E-state index contributed by atoms with van der Waals surface area (Å²) in [5.41, 5.74) is 0. The van der Waals surface area contributed by atoms with Gasteiger partial charge in [-0.05, 0) is 62.5 Å². The lowest BCUT2D eigenvalue weighted by Gasteiger charge is -2.40. The highest BCUT2D eigenvalue weighted by atomic mass is 28.4. The topological polar surface area (TPSA) is 65.0 Å². The van der Waals surface area contributed by atoms with E-state index in [1.807, 2.05) is 6.92 Å². The standard InChI is InChI=1S/C27H58O5Si2/c1-12-16-17-25(32-33(10,11)27(6,7)8)21-26(30-9)20-24(29)19-23(28)18-22(5)31-34(13-2,14-3)15-4/h22-23,25-26,28H,12-21H2,1-11H3/t22-,23+,25-,26-/m1/s1. The van der Waals surface area contributed by atoms with E-state index in [0.29, 0.717) is 12.8 Å². The summed E-state index contributed by atoms with van der Waals surface area (Å²) in [4.78, 5) is 12.8. The lowest BCUT2D eigenvalue weighted by atomic mass is 9.99. The molecule has 0 saturated heterocycles. The van der Waals surface area contributed by atoms with Crippen LogP contribution < -0.4 is 0 Å². The molecule has 0 aromatic heterocycles. The van der Waals surface area contributed by atoms with Crippen molar-refractivity contribution in [3.63, 3.8) is 0 Å². The number of aliphatic hydroxyl groups excluding tert-OH is 1. The zero-order chi connectivity index (χ0) is 26.6. The van der Waals surface area contributed by atoms with Gasteiger partial charge in [0.05, 0.1) is 12.2 Å². The minimum Gasteiger partial charge on any atom is -0.414 e. The summed E-state index contributed by atoms with van der Waals surface area (Å²) >= 11 is 0. The molecule has 0 amide bonds. The first-order chi connectivity index (χ1) is 15.7. The largest absolute Gasteiger partial charge is 0.414 e. The van der Waals surface area contributed by atoms with Gasteiger partial charge in [-0.25, -0.2) is 0 Å². The molecule has 0 radical (unpaired) electrons. The summed E-state index contributed by atoms with van der Waals surface area (Å²) in [7, 11) is -1.93. The van der Waals surface area contributed by atoms with Crippen LogP contribution in [0.5, 0.6) is 0 Å². The van der Waals surface area contributed by atoms with Crippen LogP contribution in [0, 0.1) is 0 Å². The van der Waals surface area contributed by atoms with Crippen molar-refractivity contribution < 1.29 is 23.5 Å². The molecule has 0 bridgehead atoms. The van der Waals surface area contributed by atoms with Crippen LogP contribution >= 0.6 is 0 Å². The van der Waals surface area contributed by atoms with Crippen molar-refractivity contribution >= 4 is 22.4 Å². The number of unbranched alkanes of at least 4 members (excludes halogenated alkanes) is 1. The number of hydrogen-bond acceptors (Lipinski definition) is 5. The molecule has 0 aromatic carbocycles. The Balaban J connectivity index is 4.93. The highest BCUT2D eigenvalue weighted by molar-refractivity contribution is 6.74. The zero-order valence-electron chi connectivity index (χ0n) is 24.5. The Labute approximate surface area is 214 Å². The van der Waals surface area contributed by atoms with Crippen molar-refractivity contribution in [3.05, 3.63) is 0 Å². The third-order valence-electron chi connectivity index (χ3n) is 7.91. The molecule has 204 valence electrons. The molecule has 0 aliphatic heterocycles. The highest BCUT2D eigenvalue weighted by Crippen LogP contribution is 2.38. The molecule has 0 aliphatic rings. The number of ether oxygens (including phenoxy) is 1. The van der Waals surface area contributed by atoms with Gasteiger partial charge in [0.1, 0.15) is 5.78 Å². The SMILES string of the molecule is CCCC[C@H](C[C@@H](CC(=O)C[C@@H](O)C[C@@H](C)O[Si](CC)(CC)CC)OC)O[Si](C)(C)C(C)(C)C. The van der Waals surface area contributed by atoms with Gasteiger partial charge in [0.2, 0.25) is 0 Å². The second-order valence-corrected chi connectivity index (χ2v) is 21.2. The maximum Gasteiger partial charge on any atom is 0.192 e. The van der Waals surface area contributed by atoms with E-state index < -0.39 is 22.7 Å². The zero-order valence-corrected chi connectivity index (χ0v) is 26.5. The number of hydrogen-bond donors (Lipinski definition) is 1. The van der Waals surface area contributed by atoms with Crippen LogP contribution in [-0.2, 0) is 18.4 Å². The Hall–Kier alpha value is -0.0562. The average molecular weight is 519 g/mol. The van der Waals surface area contributed by atoms with E-state index in [-0.39, 0.29) is 35.6 Å². The van der Waals surface area contributed by atoms with Crippen LogP contribution in [-0.4, -0.2) is 59.1 Å². The van der Waals surface area contributed by atoms with Crippen molar-refractivity contribution in [3.8, 4) is 0 Å². The Morgan fingerprint density at radius 2 is 1.47 bits per heavy atom. The number of ketones is 1. The van der Waals surface area contributed by atoms with Crippen molar-refractivity contribution in [2.75, 3.05) is 7.11 Å². The summed E-state index contributed by atoms with van der Waals surface area (Å²) in [5, 5.41) is 10.7. The molecule has 0 rings (SSSR count). The van der Waals surface area contributed by atoms with Crippen LogP contribution in [0.4, 0.5) is 0 Å². The van der Waals surface area contributed by atoms with Gasteiger partial charge in [-0.1, -0.05) is 61.3 Å². The van der Waals surface area contributed by atoms with Gasteiger partial charge in [-0.2, -0.15) is 0 Å². The lowest BCUT2D eigenvalue weighted by Crippen LogP contribution is -2.44. The van der Waals surface area contributed by atoms with E-state index in [2.05, 4.69) is 61.6 Å². The molecule has 5 nitrogen and oxygen atoms in total. The number of methoxy groups -OCH3 is 1. The van der Waals surface area contributed by atoms with Gasteiger partial charge < -0.3 is 18.7 Å². The smallest absolute Gasteiger partial charge is 0.192 e. The van der Waals surface area contributed by atoms with Gasteiger partial charge in [0, 0.05) is 32.2 Å². The number of Topliss-reactive ketones (excluding diaryl/α,β-unsaturated/α-hetero) is 1. The van der Waals surface area contributed by atoms with E-state index in [9.17, 15) is 9.90 Å². The van der Waals surface area contributed by atoms with Crippen molar-refractivity contribution in [1.29, 1.82) is 0 Å². The molecule has 0 aliphatic carbocycles. The summed E-state index contributed by atoms with van der Waals surface area (Å²) in [6.45, 7) is 22.2. The van der Waals surface area contributed by atoms with Crippen LogP contribution in [0.2, 0.25) is 36.3 Å². The third-order valence-corrected chi connectivity index (χ3v) is 17.2. The summed E-state index contributed by atoms with van der Waals surface area (Å²) in [6.07, 6.45) is 4.17. The van der Waals surface area contributed by atoms with Crippen molar-refractivity contribution in [2.24, 2.45) is 0 Å². The first kappa shape index (κ1) is 33.9. The van der Waals surface area contributed by atoms with Gasteiger partial charge in [0.15, 0.2) is 16.6 Å². The Kier molecular flexibility index (Phi) is 15.9. The number of aliphatic hydroxyl groups is 1. The molecule has 0 spiro atoms. The van der Waals surface area contributed by atoms with Gasteiger partial charge in [0.25, 0.3) is 0 Å². The molecular formula is C27H58O5Si2. The molecule has 34 heavy (non-hydrogen) atoms. The molecule has 1 N–H and O–H groups in total. The number of rotatable bonds is 19. The van der Waals surface area contributed by atoms with E-state index in [1.165, 1.54) is 0 Å². The number of carbonyl (C=O) groups is 1. The fraction of sp³-hybridized carbons (Fsp3) is 0.963. The Bertz CT molecular complexity index is 549. The fourth-order valence-electron chi connectivity index (χ4n) is 4.35. The van der Waals surface area contributed by atoms with Crippen molar-refractivity contribution in [2.45, 2.75) is 161 Å². The molecule has 7 heteroatoms. The first-order valence-corrected chi connectivity index (χ1v) is 19.2. The highest BCUT2D eigenvalue weighted by Gasteiger charge is 2.39. The minimum absolute atomic E-state index is 0.0241. The maximum absolute atomic E-state index is 12.8. The maximum atomic E-state index is 12.8.